The van der Waals surface area contributed by atoms with Crippen LogP contribution in [0.1, 0.15) is 6.92 Å². The van der Waals surface area contributed by atoms with Crippen molar-refractivity contribution in [2.75, 3.05) is 11.1 Å². The van der Waals surface area contributed by atoms with Gasteiger partial charge in [0.25, 0.3) is 0 Å². The van der Waals surface area contributed by atoms with Crippen molar-refractivity contribution >= 4 is 32.2 Å². The molecule has 1 amide bonds. The molecular formula is C16H17NO3S. The van der Waals surface area contributed by atoms with Gasteiger partial charge in [0.15, 0.2) is 9.84 Å². The van der Waals surface area contributed by atoms with Crippen molar-refractivity contribution in [1.82, 2.24) is 0 Å². The monoisotopic (exact) mass is 303 g/mol. The van der Waals surface area contributed by atoms with Crippen LogP contribution in [-0.2, 0) is 14.6 Å². The number of anilines is 1. The van der Waals surface area contributed by atoms with E-state index in [2.05, 4.69) is 11.9 Å². The maximum atomic E-state index is 12.2. The molecular weight excluding hydrogens is 286 g/mol. The smallest absolute Gasteiger partial charge is 0.242 e. The fourth-order valence-electron chi connectivity index (χ4n) is 2.04. The van der Waals surface area contributed by atoms with Gasteiger partial charge < -0.3 is 5.32 Å². The summed E-state index contributed by atoms with van der Waals surface area (Å²) in [7, 11) is -3.51. The van der Waals surface area contributed by atoms with Crippen LogP contribution in [0.5, 0.6) is 0 Å². The second-order valence-electron chi connectivity index (χ2n) is 4.78. The normalized spacial score (nSPS) is 12.8. The molecule has 0 aliphatic heterocycles. The zero-order valence-corrected chi connectivity index (χ0v) is 12.6. The molecule has 4 nitrogen and oxygen atoms in total. The first kappa shape index (κ1) is 15.3. The van der Waals surface area contributed by atoms with E-state index in [0.717, 1.165) is 10.8 Å². The van der Waals surface area contributed by atoms with Crippen LogP contribution >= 0.6 is 0 Å². The highest BCUT2D eigenvalue weighted by Crippen LogP contribution is 2.23. The maximum absolute atomic E-state index is 12.2. The Labute approximate surface area is 124 Å². The van der Waals surface area contributed by atoms with Gasteiger partial charge in [-0.2, -0.15) is 0 Å². The molecule has 0 aliphatic rings. The molecule has 0 spiro atoms. The molecule has 1 unspecified atom stereocenters. The highest BCUT2D eigenvalue weighted by atomic mass is 32.2. The average Bonchev–Trinajstić information content (AvgIpc) is 2.46. The Kier molecular flexibility index (Phi) is 4.43. The van der Waals surface area contributed by atoms with E-state index in [-0.39, 0.29) is 5.75 Å². The van der Waals surface area contributed by atoms with Crippen LogP contribution in [0.25, 0.3) is 10.8 Å². The second-order valence-corrected chi connectivity index (χ2v) is 7.14. The largest absolute Gasteiger partial charge is 0.324 e. The summed E-state index contributed by atoms with van der Waals surface area (Å²) >= 11 is 0. The number of benzene rings is 2. The minimum atomic E-state index is -3.51. The Morgan fingerprint density at radius 2 is 1.90 bits per heavy atom. The first-order valence-electron chi connectivity index (χ1n) is 6.57. The van der Waals surface area contributed by atoms with Crippen molar-refractivity contribution in [3.8, 4) is 0 Å². The number of sulfone groups is 1. The van der Waals surface area contributed by atoms with E-state index in [1.807, 2.05) is 36.4 Å². The van der Waals surface area contributed by atoms with Crippen molar-refractivity contribution in [2.24, 2.45) is 0 Å². The summed E-state index contributed by atoms with van der Waals surface area (Å²) in [4.78, 5) is 12.2. The first-order chi connectivity index (χ1) is 9.95. The van der Waals surface area contributed by atoms with Gasteiger partial charge in [-0.1, -0.05) is 42.5 Å². The van der Waals surface area contributed by atoms with E-state index >= 15 is 0 Å². The van der Waals surface area contributed by atoms with E-state index in [1.54, 1.807) is 6.07 Å². The number of amides is 1. The molecule has 0 bridgehead atoms. The topological polar surface area (TPSA) is 63.2 Å². The molecule has 110 valence electrons. The summed E-state index contributed by atoms with van der Waals surface area (Å²) in [5.41, 5.74) is 0.610. The number of carbonyl (C=O) groups excluding carboxylic acids is 1. The van der Waals surface area contributed by atoms with Gasteiger partial charge in [-0.3, -0.25) is 4.79 Å². The minimum absolute atomic E-state index is 0.211. The summed E-state index contributed by atoms with van der Waals surface area (Å²) < 4.78 is 23.8. The van der Waals surface area contributed by atoms with Crippen LogP contribution in [0.3, 0.4) is 0 Å². The van der Waals surface area contributed by atoms with E-state index in [9.17, 15) is 13.2 Å². The summed E-state index contributed by atoms with van der Waals surface area (Å²) in [6.07, 6.45) is 1.29. The van der Waals surface area contributed by atoms with Gasteiger partial charge in [0.1, 0.15) is 5.25 Å². The van der Waals surface area contributed by atoms with Gasteiger partial charge in [0.05, 0.1) is 5.75 Å². The predicted molar refractivity (Wildman–Crippen MR) is 86.0 cm³/mol. The molecule has 0 saturated heterocycles. The van der Waals surface area contributed by atoms with Crippen molar-refractivity contribution in [3.63, 3.8) is 0 Å². The van der Waals surface area contributed by atoms with E-state index in [0.29, 0.717) is 5.69 Å². The zero-order chi connectivity index (χ0) is 15.5. The number of hydrogen-bond acceptors (Lipinski definition) is 3. The van der Waals surface area contributed by atoms with Gasteiger partial charge in [0, 0.05) is 11.1 Å². The van der Waals surface area contributed by atoms with Gasteiger partial charge in [-0.25, -0.2) is 8.42 Å². The quantitative estimate of drug-likeness (QED) is 0.864. The Morgan fingerprint density at radius 3 is 2.62 bits per heavy atom. The van der Waals surface area contributed by atoms with Gasteiger partial charge in [0.2, 0.25) is 5.91 Å². The second kappa shape index (κ2) is 6.10. The van der Waals surface area contributed by atoms with Crippen LogP contribution < -0.4 is 5.32 Å². The molecule has 0 saturated carbocycles. The molecule has 21 heavy (non-hydrogen) atoms. The predicted octanol–water partition coefficient (Wildman–Crippen LogP) is 2.77. The van der Waals surface area contributed by atoms with Crippen molar-refractivity contribution in [3.05, 3.63) is 55.1 Å². The minimum Gasteiger partial charge on any atom is -0.324 e. The molecule has 2 aromatic rings. The molecule has 1 N–H and O–H groups in total. The Bertz CT molecular complexity index is 776. The van der Waals surface area contributed by atoms with Gasteiger partial charge in [-0.15, -0.1) is 6.58 Å². The van der Waals surface area contributed by atoms with Crippen LogP contribution in [0.15, 0.2) is 55.1 Å². The number of carbonyl (C=O) groups is 1. The molecule has 1 atom stereocenters. The van der Waals surface area contributed by atoms with Crippen LogP contribution in [0.2, 0.25) is 0 Å². The fourth-order valence-corrected chi connectivity index (χ4v) is 3.04. The van der Waals surface area contributed by atoms with E-state index in [4.69, 9.17) is 0 Å². The Hall–Kier alpha value is -2.14. The lowest BCUT2D eigenvalue weighted by molar-refractivity contribution is -0.115. The van der Waals surface area contributed by atoms with Crippen LogP contribution in [0, 0.1) is 0 Å². The highest BCUT2D eigenvalue weighted by molar-refractivity contribution is 7.92. The lowest BCUT2D eigenvalue weighted by atomic mass is 10.1. The molecule has 2 rings (SSSR count). The lowest BCUT2D eigenvalue weighted by Crippen LogP contribution is -2.33. The summed E-state index contributed by atoms with van der Waals surface area (Å²) in [5.74, 6) is -0.745. The molecule has 2 aromatic carbocycles. The molecule has 0 aromatic heterocycles. The van der Waals surface area contributed by atoms with E-state index < -0.39 is 21.0 Å². The number of fused-ring (bicyclic) bond motifs is 1. The molecule has 0 heterocycles. The van der Waals surface area contributed by atoms with Crippen LogP contribution in [0.4, 0.5) is 5.69 Å². The number of nitrogens with one attached hydrogen (secondary N) is 1. The third-order valence-corrected chi connectivity index (χ3v) is 5.30. The van der Waals surface area contributed by atoms with Gasteiger partial charge in [-0.05, 0) is 18.4 Å². The molecule has 5 heteroatoms. The summed E-state index contributed by atoms with van der Waals surface area (Å²) in [6.45, 7) is 4.79. The highest BCUT2D eigenvalue weighted by Gasteiger charge is 2.26. The van der Waals surface area contributed by atoms with E-state index in [1.165, 1.54) is 13.0 Å². The maximum Gasteiger partial charge on any atom is 0.242 e. The molecule has 0 fully saturated rings. The number of hydrogen-bond donors (Lipinski definition) is 1. The molecule has 0 aliphatic carbocycles. The molecule has 0 radical (unpaired) electrons. The Morgan fingerprint density at radius 1 is 1.24 bits per heavy atom. The summed E-state index contributed by atoms with van der Waals surface area (Å²) in [5, 5.41) is 3.44. The third-order valence-electron chi connectivity index (χ3n) is 3.31. The number of rotatable bonds is 5. The van der Waals surface area contributed by atoms with Crippen molar-refractivity contribution in [1.29, 1.82) is 0 Å². The van der Waals surface area contributed by atoms with Crippen molar-refractivity contribution in [2.45, 2.75) is 12.2 Å². The van der Waals surface area contributed by atoms with Gasteiger partial charge >= 0.3 is 0 Å². The summed E-state index contributed by atoms with van der Waals surface area (Å²) in [6, 6.07) is 13.1. The standard InChI is InChI=1S/C16H17NO3S/c1-3-11-21(19,20)12(2)16(18)17-15-10-6-8-13-7-4-5-9-14(13)15/h3-10,12H,1,11H2,2H3,(H,17,18). The van der Waals surface area contributed by atoms with Crippen LogP contribution in [-0.4, -0.2) is 25.3 Å². The zero-order valence-electron chi connectivity index (χ0n) is 11.7. The fraction of sp³-hybridized carbons (Fsp3) is 0.188. The average molecular weight is 303 g/mol. The lowest BCUT2D eigenvalue weighted by Gasteiger charge is -2.13. The first-order valence-corrected chi connectivity index (χ1v) is 8.28. The Balaban J connectivity index is 2.28. The third kappa shape index (κ3) is 3.31. The van der Waals surface area contributed by atoms with Crippen molar-refractivity contribution < 1.29 is 13.2 Å². The SMILES string of the molecule is C=CCS(=O)(=O)C(C)C(=O)Nc1cccc2ccccc12.